The molecule has 0 aliphatic rings. The van der Waals surface area contributed by atoms with Crippen molar-refractivity contribution in [1.29, 1.82) is 0 Å². The summed E-state index contributed by atoms with van der Waals surface area (Å²) < 4.78 is 20.5. The van der Waals surface area contributed by atoms with Crippen molar-refractivity contribution >= 4 is 29.4 Å². The number of nitrogens with one attached hydrogen (secondary N) is 1. The van der Waals surface area contributed by atoms with Crippen LogP contribution >= 0.6 is 12.4 Å². The molecule has 0 saturated carbocycles. The Morgan fingerprint density at radius 3 is 2.67 bits per heavy atom. The minimum absolute atomic E-state index is 0. The molecule has 3 aromatic rings. The molecule has 0 amide bonds. The van der Waals surface area contributed by atoms with E-state index >= 15 is 0 Å². The van der Waals surface area contributed by atoms with Crippen LogP contribution in [0.25, 0.3) is 11.0 Å². The van der Waals surface area contributed by atoms with E-state index in [-0.39, 0.29) is 36.5 Å². The van der Waals surface area contributed by atoms with Crippen molar-refractivity contribution in [1.82, 2.24) is 14.5 Å². The zero-order chi connectivity index (χ0) is 18.9. The quantitative estimate of drug-likeness (QED) is 0.691. The molecule has 0 atom stereocenters. The van der Waals surface area contributed by atoms with Gasteiger partial charge in [-0.2, -0.15) is 4.98 Å². The van der Waals surface area contributed by atoms with Crippen LogP contribution in [0.4, 0.5) is 10.3 Å². The highest BCUT2D eigenvalue weighted by atomic mass is 35.5. The fourth-order valence-corrected chi connectivity index (χ4v) is 2.34. The summed E-state index contributed by atoms with van der Waals surface area (Å²) in [6.45, 7) is 3.48. The molecule has 0 aliphatic heterocycles. The third-order valence-corrected chi connectivity index (χ3v) is 3.82. The lowest BCUT2D eigenvalue weighted by molar-refractivity contribution is 0.233. The van der Waals surface area contributed by atoms with Gasteiger partial charge in [0.15, 0.2) is 17.3 Å². The zero-order valence-corrected chi connectivity index (χ0v) is 15.9. The molecule has 3 rings (SSSR count). The van der Waals surface area contributed by atoms with E-state index in [0.29, 0.717) is 11.0 Å². The Bertz CT molecular complexity index is 1020. The lowest BCUT2D eigenvalue weighted by Gasteiger charge is -2.23. The molecule has 0 aliphatic carbocycles. The van der Waals surface area contributed by atoms with Crippen LogP contribution in [0.3, 0.4) is 0 Å². The second kappa shape index (κ2) is 7.89. The maximum Gasteiger partial charge on any atom is 0.294 e. The highest BCUT2D eigenvalue weighted by Crippen LogP contribution is 2.24. The maximum absolute atomic E-state index is 13.8. The number of hydrogen-bond donors (Lipinski definition) is 2. The van der Waals surface area contributed by atoms with Crippen molar-refractivity contribution in [3.63, 3.8) is 0 Å². The third kappa shape index (κ3) is 4.35. The van der Waals surface area contributed by atoms with Gasteiger partial charge in [-0.15, -0.1) is 12.4 Å². The summed E-state index contributed by atoms with van der Waals surface area (Å²) in [6.07, 6.45) is 1.53. The predicted molar refractivity (Wildman–Crippen MR) is 103 cm³/mol. The molecule has 27 heavy (non-hydrogen) atoms. The molecule has 0 spiro atoms. The van der Waals surface area contributed by atoms with Crippen LogP contribution in [0.1, 0.15) is 13.8 Å². The summed E-state index contributed by atoms with van der Waals surface area (Å²) in [5.41, 5.74) is -0.672. The molecule has 1 aromatic carbocycles. The van der Waals surface area contributed by atoms with Gasteiger partial charge in [0.1, 0.15) is 5.65 Å². The van der Waals surface area contributed by atoms with Gasteiger partial charge in [-0.05, 0) is 32.0 Å². The van der Waals surface area contributed by atoms with E-state index in [1.165, 1.54) is 35.0 Å². The fraction of sp³-hybridized carbons (Fsp3) is 0.278. The average Bonchev–Trinajstić information content (AvgIpc) is 2.61. The summed E-state index contributed by atoms with van der Waals surface area (Å²) in [5.74, 6) is -0.330. The molecule has 2 N–H and O–H groups in total. The number of halogens is 2. The van der Waals surface area contributed by atoms with Crippen molar-refractivity contribution in [2.24, 2.45) is 7.05 Å². The Balaban J connectivity index is 0.00000261. The number of para-hydroxylation sites is 1. The Morgan fingerprint density at radius 1 is 1.30 bits per heavy atom. The summed E-state index contributed by atoms with van der Waals surface area (Å²) in [7, 11) is 1.55. The molecule has 7 nitrogen and oxygen atoms in total. The van der Waals surface area contributed by atoms with E-state index in [0.717, 1.165) is 0 Å². The number of hydrogen-bond acceptors (Lipinski definition) is 6. The van der Waals surface area contributed by atoms with Gasteiger partial charge < -0.3 is 15.2 Å². The Hall–Kier alpha value is -2.71. The first-order chi connectivity index (χ1) is 12.3. The Kier molecular flexibility index (Phi) is 6.02. The molecule has 0 fully saturated rings. The number of aryl methyl sites for hydroxylation is 1. The summed E-state index contributed by atoms with van der Waals surface area (Å²) in [4.78, 5) is 21.1. The number of rotatable bonds is 5. The zero-order valence-electron chi connectivity index (χ0n) is 15.1. The van der Waals surface area contributed by atoms with Gasteiger partial charge in [-0.1, -0.05) is 12.1 Å². The molecule has 0 unspecified atom stereocenters. The topological polar surface area (TPSA) is 89.3 Å². The number of benzene rings is 1. The normalized spacial score (nSPS) is 11.1. The highest BCUT2D eigenvalue weighted by Gasteiger charge is 2.18. The molecular formula is C18H20ClFN4O3. The van der Waals surface area contributed by atoms with Crippen LogP contribution in [-0.2, 0) is 7.05 Å². The number of ether oxygens (including phenoxy) is 1. The van der Waals surface area contributed by atoms with Crippen molar-refractivity contribution in [3.05, 3.63) is 52.7 Å². The lowest BCUT2D eigenvalue weighted by Crippen LogP contribution is -2.35. The van der Waals surface area contributed by atoms with Crippen molar-refractivity contribution in [3.8, 4) is 11.5 Å². The molecule has 0 radical (unpaired) electrons. The molecule has 0 saturated heterocycles. The second-order valence-corrected chi connectivity index (χ2v) is 6.54. The molecule has 9 heteroatoms. The second-order valence-electron chi connectivity index (χ2n) is 6.54. The average molecular weight is 395 g/mol. The minimum atomic E-state index is -0.611. The SMILES string of the molecule is Cl.Cn1c(=O)c(Oc2ccccc2F)cc2cnc(NC(C)(C)CO)nc21. The van der Waals surface area contributed by atoms with Crippen molar-refractivity contribution in [2.45, 2.75) is 19.4 Å². The van der Waals surface area contributed by atoms with Crippen LogP contribution in [-0.4, -0.2) is 31.8 Å². The largest absolute Gasteiger partial charge is 0.448 e. The summed E-state index contributed by atoms with van der Waals surface area (Å²) in [6, 6.07) is 7.33. The van der Waals surface area contributed by atoms with Crippen LogP contribution in [0, 0.1) is 5.82 Å². The first kappa shape index (κ1) is 20.6. The number of nitrogens with zero attached hydrogens (tertiary/aromatic N) is 3. The fourth-order valence-electron chi connectivity index (χ4n) is 2.34. The van der Waals surface area contributed by atoms with Gasteiger partial charge in [0.25, 0.3) is 5.56 Å². The van der Waals surface area contributed by atoms with Gasteiger partial charge in [0.05, 0.1) is 12.1 Å². The number of aliphatic hydroxyl groups excluding tert-OH is 1. The van der Waals surface area contributed by atoms with Crippen molar-refractivity contribution < 1.29 is 14.2 Å². The number of pyridine rings is 1. The number of aliphatic hydroxyl groups is 1. The smallest absolute Gasteiger partial charge is 0.294 e. The Labute approximate surface area is 161 Å². The van der Waals surface area contributed by atoms with E-state index in [1.54, 1.807) is 27.0 Å². The van der Waals surface area contributed by atoms with E-state index in [9.17, 15) is 14.3 Å². The maximum atomic E-state index is 13.8. The molecule has 0 bridgehead atoms. The molecule has 144 valence electrons. The highest BCUT2D eigenvalue weighted by molar-refractivity contribution is 5.85. The number of aromatic nitrogens is 3. The van der Waals surface area contributed by atoms with Gasteiger partial charge in [-0.3, -0.25) is 9.36 Å². The number of fused-ring (bicyclic) bond motifs is 1. The van der Waals surface area contributed by atoms with Gasteiger partial charge in [-0.25, -0.2) is 9.37 Å². The van der Waals surface area contributed by atoms with Gasteiger partial charge >= 0.3 is 0 Å². The minimum Gasteiger partial charge on any atom is -0.448 e. The summed E-state index contributed by atoms with van der Waals surface area (Å²) >= 11 is 0. The van der Waals surface area contributed by atoms with Crippen LogP contribution in [0.15, 0.2) is 41.3 Å². The van der Waals surface area contributed by atoms with Gasteiger partial charge in [0.2, 0.25) is 5.95 Å². The van der Waals surface area contributed by atoms with E-state index in [2.05, 4.69) is 15.3 Å². The standard InChI is InChI=1S/C18H19FN4O3.ClH/c1-18(2,10-24)22-17-20-9-11-8-14(16(25)23(3)15(11)21-17)26-13-7-5-4-6-12(13)19;/h4-9,24H,10H2,1-3H3,(H,20,21,22);1H. The van der Waals surface area contributed by atoms with Crippen LogP contribution < -0.4 is 15.6 Å². The van der Waals surface area contributed by atoms with Crippen LogP contribution in [0.2, 0.25) is 0 Å². The first-order valence-electron chi connectivity index (χ1n) is 7.99. The molecular weight excluding hydrogens is 375 g/mol. The van der Waals surface area contributed by atoms with E-state index in [1.807, 2.05) is 0 Å². The van der Waals surface area contributed by atoms with E-state index < -0.39 is 16.9 Å². The molecule has 2 heterocycles. The van der Waals surface area contributed by atoms with Gasteiger partial charge in [0, 0.05) is 18.6 Å². The third-order valence-electron chi connectivity index (χ3n) is 3.82. The number of anilines is 1. The first-order valence-corrected chi connectivity index (χ1v) is 7.99. The van der Waals surface area contributed by atoms with Crippen molar-refractivity contribution in [2.75, 3.05) is 11.9 Å². The molecule has 2 aromatic heterocycles. The van der Waals surface area contributed by atoms with Crippen LogP contribution in [0.5, 0.6) is 11.5 Å². The Morgan fingerprint density at radius 2 is 2.00 bits per heavy atom. The summed E-state index contributed by atoms with van der Waals surface area (Å²) in [5, 5.41) is 12.9. The monoisotopic (exact) mass is 394 g/mol. The van der Waals surface area contributed by atoms with E-state index in [4.69, 9.17) is 4.74 Å². The predicted octanol–water partition coefficient (Wildman–Crippen LogP) is 2.86. The lowest BCUT2D eigenvalue weighted by atomic mass is 10.1.